The summed E-state index contributed by atoms with van der Waals surface area (Å²) in [6.45, 7) is 13.5. The van der Waals surface area contributed by atoms with Crippen molar-refractivity contribution in [1.29, 1.82) is 0 Å². The van der Waals surface area contributed by atoms with Crippen LogP contribution in [0.25, 0.3) is 0 Å². The molecule has 0 amide bonds. The fourth-order valence-corrected chi connectivity index (χ4v) is 3.87. The van der Waals surface area contributed by atoms with Crippen LogP contribution in [0.5, 0.6) is 5.75 Å². The second kappa shape index (κ2) is 7.08. The van der Waals surface area contributed by atoms with Crippen LogP contribution in [-0.4, -0.2) is 8.42 Å². The standard InChI is InChI=1S/C21H27NO4S/c1-14-8-10-15(11-9-14)27(24,25)26-19-16(20(2,3)4)12-13-17(22-23)18(19)21(5,6)7/h8-13H,1-7H3. The predicted octanol–water partition coefficient (Wildman–Crippen LogP) is 5.76. The lowest BCUT2D eigenvalue weighted by Crippen LogP contribution is -2.22. The molecule has 0 heterocycles. The zero-order valence-corrected chi connectivity index (χ0v) is 17.8. The van der Waals surface area contributed by atoms with Gasteiger partial charge in [0.2, 0.25) is 0 Å². The van der Waals surface area contributed by atoms with Crippen LogP contribution in [0.4, 0.5) is 5.69 Å². The predicted molar refractivity (Wildman–Crippen MR) is 108 cm³/mol. The average Bonchev–Trinajstić information content (AvgIpc) is 2.52. The molecule has 0 bridgehead atoms. The molecule has 0 unspecified atom stereocenters. The third kappa shape index (κ3) is 4.56. The number of aryl methyl sites for hydroxylation is 1. The van der Waals surface area contributed by atoms with Crippen molar-refractivity contribution in [1.82, 2.24) is 0 Å². The van der Waals surface area contributed by atoms with Gasteiger partial charge in [0.15, 0.2) is 5.75 Å². The van der Waals surface area contributed by atoms with Crippen molar-refractivity contribution in [3.8, 4) is 5.75 Å². The van der Waals surface area contributed by atoms with Crippen LogP contribution >= 0.6 is 0 Å². The molecule has 0 radical (unpaired) electrons. The van der Waals surface area contributed by atoms with Crippen molar-refractivity contribution in [2.75, 3.05) is 0 Å². The zero-order chi connectivity index (χ0) is 20.6. The molecule has 6 heteroatoms. The molecule has 5 nitrogen and oxygen atoms in total. The van der Waals surface area contributed by atoms with Crippen LogP contribution in [0.2, 0.25) is 0 Å². The summed E-state index contributed by atoms with van der Waals surface area (Å²) in [4.78, 5) is 11.5. The molecular weight excluding hydrogens is 362 g/mol. The summed E-state index contributed by atoms with van der Waals surface area (Å²) >= 11 is 0. The van der Waals surface area contributed by atoms with Gasteiger partial charge in [-0.3, -0.25) is 0 Å². The molecule has 0 fully saturated rings. The molecule has 0 saturated heterocycles. The summed E-state index contributed by atoms with van der Waals surface area (Å²) in [5.41, 5.74) is 1.40. The molecule has 0 aliphatic heterocycles. The number of benzene rings is 2. The first-order valence-electron chi connectivity index (χ1n) is 8.80. The number of hydrogen-bond acceptors (Lipinski definition) is 5. The van der Waals surface area contributed by atoms with E-state index in [-0.39, 0.29) is 21.7 Å². The second-order valence-electron chi connectivity index (χ2n) is 8.78. The van der Waals surface area contributed by atoms with E-state index in [1.807, 2.05) is 48.5 Å². The highest BCUT2D eigenvalue weighted by molar-refractivity contribution is 7.87. The van der Waals surface area contributed by atoms with E-state index in [0.29, 0.717) is 11.1 Å². The largest absolute Gasteiger partial charge is 0.378 e. The SMILES string of the molecule is Cc1ccc(S(=O)(=O)Oc2c(C(C)(C)C)ccc(N=O)c2C(C)(C)C)cc1. The van der Waals surface area contributed by atoms with Crippen molar-refractivity contribution in [2.24, 2.45) is 5.18 Å². The Balaban J connectivity index is 2.76. The van der Waals surface area contributed by atoms with E-state index >= 15 is 0 Å². The number of rotatable bonds is 4. The maximum atomic E-state index is 12.9. The van der Waals surface area contributed by atoms with Gasteiger partial charge < -0.3 is 4.18 Å². The zero-order valence-electron chi connectivity index (χ0n) is 17.0. The van der Waals surface area contributed by atoms with E-state index < -0.39 is 15.5 Å². The molecule has 0 atom stereocenters. The summed E-state index contributed by atoms with van der Waals surface area (Å²) in [6.07, 6.45) is 0. The van der Waals surface area contributed by atoms with Crippen LogP contribution < -0.4 is 4.18 Å². The molecule has 0 aromatic heterocycles. The number of hydrogen-bond donors (Lipinski definition) is 0. The average molecular weight is 390 g/mol. The van der Waals surface area contributed by atoms with Gasteiger partial charge in [0.25, 0.3) is 0 Å². The minimum Gasteiger partial charge on any atom is -0.378 e. The Morgan fingerprint density at radius 3 is 1.85 bits per heavy atom. The van der Waals surface area contributed by atoms with Crippen LogP contribution in [-0.2, 0) is 20.9 Å². The summed E-state index contributed by atoms with van der Waals surface area (Å²) in [6, 6.07) is 9.80. The van der Waals surface area contributed by atoms with E-state index in [1.54, 1.807) is 24.3 Å². The fourth-order valence-electron chi connectivity index (χ4n) is 2.91. The Labute approximate surface area is 161 Å². The van der Waals surface area contributed by atoms with Gasteiger partial charge in [-0.1, -0.05) is 65.3 Å². The molecule has 0 aliphatic rings. The Kier molecular flexibility index (Phi) is 5.53. The van der Waals surface area contributed by atoms with Crippen LogP contribution in [0.15, 0.2) is 46.5 Å². The Hall–Kier alpha value is -2.21. The Morgan fingerprint density at radius 2 is 1.41 bits per heavy atom. The summed E-state index contributed by atoms with van der Waals surface area (Å²) in [7, 11) is -4.06. The van der Waals surface area contributed by atoms with Gasteiger partial charge in [0.1, 0.15) is 10.6 Å². The Morgan fingerprint density at radius 1 is 0.852 bits per heavy atom. The van der Waals surface area contributed by atoms with Crippen LogP contribution in [0.3, 0.4) is 0 Å². The van der Waals surface area contributed by atoms with E-state index in [0.717, 1.165) is 5.56 Å². The van der Waals surface area contributed by atoms with Gasteiger partial charge in [-0.15, -0.1) is 4.91 Å². The van der Waals surface area contributed by atoms with Crippen LogP contribution in [0.1, 0.15) is 58.2 Å². The van der Waals surface area contributed by atoms with E-state index in [1.165, 1.54) is 12.1 Å². The molecule has 0 N–H and O–H groups in total. The van der Waals surface area contributed by atoms with Crippen LogP contribution in [0, 0.1) is 11.8 Å². The van der Waals surface area contributed by atoms with Gasteiger partial charge in [-0.05, 0) is 41.1 Å². The minimum absolute atomic E-state index is 0.0669. The van der Waals surface area contributed by atoms with Gasteiger partial charge in [0.05, 0.1) is 0 Å². The van der Waals surface area contributed by atoms with Crippen molar-refractivity contribution in [3.05, 3.63) is 58.0 Å². The number of nitrogens with zero attached hydrogens (tertiary/aromatic N) is 1. The van der Waals surface area contributed by atoms with Crippen molar-refractivity contribution in [3.63, 3.8) is 0 Å². The van der Waals surface area contributed by atoms with Gasteiger partial charge >= 0.3 is 10.1 Å². The molecule has 0 saturated carbocycles. The highest BCUT2D eigenvalue weighted by Crippen LogP contribution is 2.45. The summed E-state index contributed by atoms with van der Waals surface area (Å²) in [5, 5.41) is 3.11. The topological polar surface area (TPSA) is 72.8 Å². The van der Waals surface area contributed by atoms with Crippen molar-refractivity contribution >= 4 is 15.8 Å². The lowest BCUT2D eigenvalue weighted by atomic mass is 9.79. The highest BCUT2D eigenvalue weighted by atomic mass is 32.2. The maximum absolute atomic E-state index is 12.9. The van der Waals surface area contributed by atoms with Crippen molar-refractivity contribution in [2.45, 2.75) is 64.2 Å². The normalized spacial score (nSPS) is 12.7. The first-order chi connectivity index (χ1) is 12.3. The van der Waals surface area contributed by atoms with Crippen molar-refractivity contribution < 1.29 is 12.6 Å². The molecule has 2 aromatic carbocycles. The first-order valence-corrected chi connectivity index (χ1v) is 10.2. The maximum Gasteiger partial charge on any atom is 0.339 e. The highest BCUT2D eigenvalue weighted by Gasteiger charge is 2.33. The third-order valence-corrected chi connectivity index (χ3v) is 5.53. The summed E-state index contributed by atoms with van der Waals surface area (Å²) < 4.78 is 31.5. The molecule has 2 aromatic rings. The molecule has 2 rings (SSSR count). The lowest BCUT2D eigenvalue weighted by Gasteiger charge is -2.29. The molecule has 0 spiro atoms. The van der Waals surface area contributed by atoms with Gasteiger partial charge in [0, 0.05) is 11.1 Å². The number of nitroso groups, excluding NO2 is 1. The quantitative estimate of drug-likeness (QED) is 0.492. The fraction of sp³-hybridized carbons (Fsp3) is 0.429. The smallest absolute Gasteiger partial charge is 0.339 e. The van der Waals surface area contributed by atoms with E-state index in [2.05, 4.69) is 5.18 Å². The molecular formula is C21H27NO4S. The summed E-state index contributed by atoms with van der Waals surface area (Å²) in [5.74, 6) is 0.188. The molecule has 0 aliphatic carbocycles. The minimum atomic E-state index is -4.06. The second-order valence-corrected chi connectivity index (χ2v) is 10.3. The van der Waals surface area contributed by atoms with Gasteiger partial charge in [-0.25, -0.2) is 0 Å². The van der Waals surface area contributed by atoms with E-state index in [4.69, 9.17) is 4.18 Å². The lowest BCUT2D eigenvalue weighted by molar-refractivity contribution is 0.454. The monoisotopic (exact) mass is 389 g/mol. The third-order valence-electron chi connectivity index (χ3n) is 4.29. The first kappa shape index (κ1) is 21.1. The van der Waals surface area contributed by atoms with E-state index in [9.17, 15) is 13.3 Å². The molecule has 27 heavy (non-hydrogen) atoms. The van der Waals surface area contributed by atoms with Gasteiger partial charge in [-0.2, -0.15) is 8.42 Å². The Bertz CT molecular complexity index is 947. The molecule has 146 valence electrons.